The molecule has 0 bridgehead atoms. The van der Waals surface area contributed by atoms with E-state index in [9.17, 15) is 12.8 Å². The molecule has 2 rings (SSSR count). The first-order valence-corrected chi connectivity index (χ1v) is 7.09. The number of nitrogens with zero attached hydrogens (tertiary/aromatic N) is 2. The first-order chi connectivity index (χ1) is 9.53. The highest BCUT2D eigenvalue weighted by Crippen LogP contribution is 2.14. The van der Waals surface area contributed by atoms with Crippen molar-refractivity contribution in [2.45, 2.75) is 11.4 Å². The Hall–Kier alpha value is -2.30. The summed E-state index contributed by atoms with van der Waals surface area (Å²) >= 11 is 0. The van der Waals surface area contributed by atoms with Crippen molar-refractivity contribution in [1.29, 1.82) is 5.26 Å². The Morgan fingerprint density at radius 3 is 2.60 bits per heavy atom. The lowest BCUT2D eigenvalue weighted by Gasteiger charge is -2.07. The van der Waals surface area contributed by atoms with Gasteiger partial charge in [0.1, 0.15) is 11.9 Å². The Balaban J connectivity index is 2.21. The van der Waals surface area contributed by atoms with Crippen molar-refractivity contribution in [3.8, 4) is 6.07 Å². The van der Waals surface area contributed by atoms with Gasteiger partial charge >= 0.3 is 0 Å². The van der Waals surface area contributed by atoms with Gasteiger partial charge in [-0.2, -0.15) is 5.26 Å². The Kier molecular flexibility index (Phi) is 4.08. The van der Waals surface area contributed by atoms with E-state index in [-0.39, 0.29) is 17.0 Å². The first kappa shape index (κ1) is 14.1. The third-order valence-electron chi connectivity index (χ3n) is 2.58. The minimum Gasteiger partial charge on any atom is -0.265 e. The molecule has 0 amide bonds. The molecule has 0 aliphatic carbocycles. The van der Waals surface area contributed by atoms with Crippen LogP contribution in [0.2, 0.25) is 0 Å². The number of hydrogen-bond donors (Lipinski definition) is 1. The molecular formula is C13H10FN3O2S. The number of benzene rings is 1. The molecule has 1 heterocycles. The average molecular weight is 291 g/mol. The van der Waals surface area contributed by atoms with Crippen LogP contribution in [0.4, 0.5) is 4.39 Å². The van der Waals surface area contributed by atoms with Crippen molar-refractivity contribution in [2.24, 2.45) is 0 Å². The molecule has 102 valence electrons. The summed E-state index contributed by atoms with van der Waals surface area (Å²) in [4.78, 5) is 3.68. The topological polar surface area (TPSA) is 82.8 Å². The smallest absolute Gasteiger partial charge is 0.240 e. The number of pyridine rings is 1. The zero-order valence-corrected chi connectivity index (χ0v) is 11.1. The van der Waals surface area contributed by atoms with Gasteiger partial charge in [0, 0.05) is 18.9 Å². The minimum absolute atomic E-state index is 0.0874. The van der Waals surface area contributed by atoms with E-state index >= 15 is 0 Å². The molecule has 0 radical (unpaired) electrons. The number of rotatable bonds is 4. The molecule has 7 heteroatoms. The quantitative estimate of drug-likeness (QED) is 0.927. The SMILES string of the molecule is N#Cc1cc(S(=O)(=O)NCc2ccncc2)ccc1F. The summed E-state index contributed by atoms with van der Waals surface area (Å²) in [5.74, 6) is -0.749. The maximum atomic E-state index is 13.2. The second kappa shape index (κ2) is 5.77. The van der Waals surface area contributed by atoms with Crippen LogP contribution in [-0.4, -0.2) is 13.4 Å². The lowest BCUT2D eigenvalue weighted by atomic mass is 10.2. The third-order valence-corrected chi connectivity index (χ3v) is 3.98. The number of nitrogens with one attached hydrogen (secondary N) is 1. The van der Waals surface area contributed by atoms with Gasteiger partial charge in [0.2, 0.25) is 10.0 Å². The fourth-order valence-electron chi connectivity index (χ4n) is 1.52. The molecule has 0 aliphatic rings. The fourth-order valence-corrected chi connectivity index (χ4v) is 2.56. The zero-order chi connectivity index (χ0) is 14.6. The van der Waals surface area contributed by atoms with E-state index in [2.05, 4.69) is 9.71 Å². The summed E-state index contributed by atoms with van der Waals surface area (Å²) in [5.41, 5.74) is 0.433. The standard InChI is InChI=1S/C13H10FN3O2S/c14-13-2-1-12(7-11(13)8-15)20(18,19)17-9-10-3-5-16-6-4-10/h1-7,17H,9H2. The van der Waals surface area contributed by atoms with Gasteiger partial charge in [-0.3, -0.25) is 4.98 Å². The molecule has 2 aromatic rings. The Morgan fingerprint density at radius 1 is 1.25 bits per heavy atom. The molecule has 0 unspecified atom stereocenters. The van der Waals surface area contributed by atoms with Crippen molar-refractivity contribution >= 4 is 10.0 Å². The van der Waals surface area contributed by atoms with E-state index in [1.54, 1.807) is 30.6 Å². The number of nitriles is 1. The summed E-state index contributed by atoms with van der Waals surface area (Å²) in [6.07, 6.45) is 3.10. The van der Waals surface area contributed by atoms with E-state index in [1.165, 1.54) is 0 Å². The van der Waals surface area contributed by atoms with Crippen LogP contribution >= 0.6 is 0 Å². The van der Waals surface area contributed by atoms with Crippen molar-refractivity contribution in [1.82, 2.24) is 9.71 Å². The summed E-state index contributed by atoms with van der Waals surface area (Å²) in [7, 11) is -3.80. The zero-order valence-electron chi connectivity index (χ0n) is 10.2. The molecule has 0 aliphatic heterocycles. The molecule has 0 saturated heterocycles. The Bertz CT molecular complexity index is 755. The van der Waals surface area contributed by atoms with Crippen LogP contribution in [0, 0.1) is 17.1 Å². The second-order valence-corrected chi connectivity index (χ2v) is 5.70. The third kappa shape index (κ3) is 3.17. The molecular weight excluding hydrogens is 281 g/mol. The van der Waals surface area contributed by atoms with Gasteiger partial charge in [-0.25, -0.2) is 17.5 Å². The van der Waals surface area contributed by atoms with Crippen LogP contribution in [0.1, 0.15) is 11.1 Å². The highest BCUT2D eigenvalue weighted by atomic mass is 32.2. The second-order valence-electron chi connectivity index (χ2n) is 3.93. The van der Waals surface area contributed by atoms with Crippen molar-refractivity contribution in [2.75, 3.05) is 0 Å². The lowest BCUT2D eigenvalue weighted by Crippen LogP contribution is -2.23. The summed E-state index contributed by atoms with van der Waals surface area (Å²) in [6, 6.07) is 8.03. The van der Waals surface area contributed by atoms with Crippen LogP contribution < -0.4 is 4.72 Å². The first-order valence-electron chi connectivity index (χ1n) is 5.61. The van der Waals surface area contributed by atoms with Gasteiger partial charge < -0.3 is 0 Å². The number of sulfonamides is 1. The monoisotopic (exact) mass is 291 g/mol. The van der Waals surface area contributed by atoms with Crippen LogP contribution in [0.3, 0.4) is 0 Å². The van der Waals surface area contributed by atoms with Crippen molar-refractivity contribution < 1.29 is 12.8 Å². The average Bonchev–Trinajstić information content (AvgIpc) is 2.46. The highest BCUT2D eigenvalue weighted by Gasteiger charge is 2.15. The Morgan fingerprint density at radius 2 is 1.95 bits per heavy atom. The van der Waals surface area contributed by atoms with Crippen LogP contribution in [0.15, 0.2) is 47.6 Å². The number of aromatic nitrogens is 1. The number of halogens is 1. The van der Waals surface area contributed by atoms with Gasteiger partial charge in [0.15, 0.2) is 0 Å². The molecule has 1 aromatic carbocycles. The maximum Gasteiger partial charge on any atom is 0.240 e. The molecule has 0 atom stereocenters. The minimum atomic E-state index is -3.80. The van der Waals surface area contributed by atoms with Crippen LogP contribution in [0.25, 0.3) is 0 Å². The highest BCUT2D eigenvalue weighted by molar-refractivity contribution is 7.89. The summed E-state index contributed by atoms with van der Waals surface area (Å²) in [5, 5.41) is 8.70. The predicted molar refractivity (Wildman–Crippen MR) is 69.4 cm³/mol. The molecule has 20 heavy (non-hydrogen) atoms. The normalized spacial score (nSPS) is 11.0. The van der Waals surface area contributed by atoms with E-state index in [0.29, 0.717) is 0 Å². The molecule has 0 spiro atoms. The molecule has 1 aromatic heterocycles. The fraction of sp³-hybridized carbons (Fsp3) is 0.0769. The molecule has 0 saturated carbocycles. The van der Waals surface area contributed by atoms with Gasteiger partial charge in [-0.1, -0.05) is 0 Å². The van der Waals surface area contributed by atoms with Crippen LogP contribution in [-0.2, 0) is 16.6 Å². The van der Waals surface area contributed by atoms with E-state index in [0.717, 1.165) is 23.8 Å². The van der Waals surface area contributed by atoms with Gasteiger partial charge in [-0.15, -0.1) is 0 Å². The van der Waals surface area contributed by atoms with Crippen LogP contribution in [0.5, 0.6) is 0 Å². The van der Waals surface area contributed by atoms with E-state index in [1.807, 2.05) is 0 Å². The molecule has 1 N–H and O–H groups in total. The number of hydrogen-bond acceptors (Lipinski definition) is 4. The van der Waals surface area contributed by atoms with Gasteiger partial charge in [0.25, 0.3) is 0 Å². The molecule has 0 fully saturated rings. The van der Waals surface area contributed by atoms with Crippen molar-refractivity contribution in [3.63, 3.8) is 0 Å². The summed E-state index contributed by atoms with van der Waals surface area (Å²) < 4.78 is 39.6. The van der Waals surface area contributed by atoms with Gasteiger partial charge in [-0.05, 0) is 35.9 Å². The maximum absolute atomic E-state index is 13.2. The Labute approximate surface area is 115 Å². The van der Waals surface area contributed by atoms with E-state index in [4.69, 9.17) is 5.26 Å². The largest absolute Gasteiger partial charge is 0.265 e. The summed E-state index contributed by atoms with van der Waals surface area (Å²) in [6.45, 7) is 0.0874. The van der Waals surface area contributed by atoms with Gasteiger partial charge in [0.05, 0.1) is 10.5 Å². The lowest BCUT2D eigenvalue weighted by molar-refractivity contribution is 0.580. The predicted octanol–water partition coefficient (Wildman–Crippen LogP) is 1.57. The van der Waals surface area contributed by atoms with Crippen molar-refractivity contribution in [3.05, 3.63) is 59.7 Å². The van der Waals surface area contributed by atoms with E-state index < -0.39 is 15.8 Å². The molecule has 5 nitrogen and oxygen atoms in total.